The van der Waals surface area contributed by atoms with E-state index in [1.807, 2.05) is 33.8 Å². The van der Waals surface area contributed by atoms with Crippen LogP contribution in [0.2, 0.25) is 0 Å². The summed E-state index contributed by atoms with van der Waals surface area (Å²) in [6.45, 7) is 11.1. The van der Waals surface area contributed by atoms with Crippen molar-refractivity contribution >= 4 is 22.9 Å². The number of nitrogens with zero attached hydrogens (tertiary/aromatic N) is 2. The maximum atomic E-state index is 13.0. The average Bonchev–Trinajstić information content (AvgIpc) is 3.02. The number of ketones is 1. The van der Waals surface area contributed by atoms with Gasteiger partial charge in [-0.3, -0.25) is 14.2 Å². The Kier molecular flexibility index (Phi) is 5.42. The van der Waals surface area contributed by atoms with Gasteiger partial charge in [-0.15, -0.1) is 0 Å². The fourth-order valence-corrected chi connectivity index (χ4v) is 3.44. The highest BCUT2D eigenvalue weighted by molar-refractivity contribution is 6.03. The summed E-state index contributed by atoms with van der Waals surface area (Å²) in [5.74, 6) is -0.588. The SMILES string of the molecule is CCOC(=O)c1c(C)oc2ncn(CC(=O)c3cc(C)c(C)c(C)c3C)c(=O)c12. The zero-order valence-electron chi connectivity index (χ0n) is 17.5. The number of benzene rings is 1. The Morgan fingerprint density at radius 1 is 1.10 bits per heavy atom. The van der Waals surface area contributed by atoms with Gasteiger partial charge in [-0.2, -0.15) is 0 Å². The number of aryl methyl sites for hydroxylation is 2. The Bertz CT molecular complexity index is 1200. The molecule has 0 N–H and O–H groups in total. The number of carbonyl (C=O) groups is 2. The van der Waals surface area contributed by atoms with Gasteiger partial charge in [-0.05, 0) is 69.9 Å². The van der Waals surface area contributed by atoms with E-state index < -0.39 is 11.5 Å². The Labute approximate surface area is 168 Å². The lowest BCUT2D eigenvalue weighted by Gasteiger charge is -2.14. The largest absolute Gasteiger partial charge is 0.462 e. The van der Waals surface area contributed by atoms with Gasteiger partial charge < -0.3 is 9.15 Å². The molecule has 0 radical (unpaired) electrons. The molecule has 29 heavy (non-hydrogen) atoms. The van der Waals surface area contributed by atoms with E-state index in [0.717, 1.165) is 22.3 Å². The normalized spacial score (nSPS) is 11.1. The molecule has 7 heteroatoms. The smallest absolute Gasteiger partial charge is 0.342 e. The van der Waals surface area contributed by atoms with Crippen LogP contribution in [0.5, 0.6) is 0 Å². The predicted molar refractivity (Wildman–Crippen MR) is 109 cm³/mol. The van der Waals surface area contributed by atoms with Crippen LogP contribution < -0.4 is 5.56 Å². The molecule has 152 valence electrons. The Hall–Kier alpha value is -3.22. The Morgan fingerprint density at radius 3 is 2.45 bits per heavy atom. The minimum atomic E-state index is -0.646. The van der Waals surface area contributed by atoms with Crippen molar-refractivity contribution in [1.82, 2.24) is 9.55 Å². The molecule has 0 atom stereocenters. The van der Waals surface area contributed by atoms with Crippen molar-refractivity contribution in [2.24, 2.45) is 0 Å². The Morgan fingerprint density at radius 2 is 1.79 bits per heavy atom. The van der Waals surface area contributed by atoms with E-state index in [9.17, 15) is 14.4 Å². The first-order valence-corrected chi connectivity index (χ1v) is 9.43. The summed E-state index contributed by atoms with van der Waals surface area (Å²) in [5, 5.41) is 0.0317. The van der Waals surface area contributed by atoms with Gasteiger partial charge in [-0.1, -0.05) is 0 Å². The predicted octanol–water partition coefficient (Wildman–Crippen LogP) is 3.59. The highest BCUT2D eigenvalue weighted by Crippen LogP contribution is 2.23. The summed E-state index contributed by atoms with van der Waals surface area (Å²) in [4.78, 5) is 42.4. The van der Waals surface area contributed by atoms with Gasteiger partial charge in [0.1, 0.15) is 23.0 Å². The molecule has 0 amide bonds. The number of Topliss-reactive ketones (excluding diaryl/α,β-unsaturated/α-hetero) is 1. The molecular formula is C22H24N2O5. The number of ether oxygens (including phenoxy) is 1. The van der Waals surface area contributed by atoms with Crippen LogP contribution in [0.25, 0.3) is 11.1 Å². The fourth-order valence-electron chi connectivity index (χ4n) is 3.44. The number of furan rings is 1. The topological polar surface area (TPSA) is 91.4 Å². The number of hydrogen-bond acceptors (Lipinski definition) is 6. The van der Waals surface area contributed by atoms with Gasteiger partial charge in [0.25, 0.3) is 5.56 Å². The molecule has 3 rings (SSSR count). The van der Waals surface area contributed by atoms with E-state index in [-0.39, 0.29) is 41.4 Å². The summed E-state index contributed by atoms with van der Waals surface area (Å²) in [7, 11) is 0. The molecule has 2 heterocycles. The first-order chi connectivity index (χ1) is 13.7. The molecule has 0 unspecified atom stereocenters. The van der Waals surface area contributed by atoms with Crippen molar-refractivity contribution in [2.75, 3.05) is 6.61 Å². The third-order valence-corrected chi connectivity index (χ3v) is 5.43. The zero-order valence-corrected chi connectivity index (χ0v) is 17.5. The first-order valence-electron chi connectivity index (χ1n) is 9.43. The summed E-state index contributed by atoms with van der Waals surface area (Å²) < 4.78 is 11.7. The molecule has 2 aromatic heterocycles. The molecule has 1 aromatic carbocycles. The lowest BCUT2D eigenvalue weighted by molar-refractivity contribution is 0.0526. The van der Waals surface area contributed by atoms with Gasteiger partial charge >= 0.3 is 5.97 Å². The van der Waals surface area contributed by atoms with Crippen LogP contribution in [0.1, 0.15) is 55.7 Å². The van der Waals surface area contributed by atoms with E-state index in [0.29, 0.717) is 5.56 Å². The van der Waals surface area contributed by atoms with Gasteiger partial charge in [0, 0.05) is 5.56 Å². The van der Waals surface area contributed by atoms with Crippen molar-refractivity contribution in [3.8, 4) is 0 Å². The lowest BCUT2D eigenvalue weighted by Crippen LogP contribution is -2.26. The van der Waals surface area contributed by atoms with Crippen LogP contribution in [0.3, 0.4) is 0 Å². The summed E-state index contributed by atoms with van der Waals surface area (Å²) in [6, 6.07) is 1.85. The van der Waals surface area contributed by atoms with Gasteiger partial charge in [-0.25, -0.2) is 9.78 Å². The van der Waals surface area contributed by atoms with Crippen molar-refractivity contribution in [2.45, 2.75) is 48.1 Å². The highest BCUT2D eigenvalue weighted by atomic mass is 16.5. The van der Waals surface area contributed by atoms with Crippen LogP contribution >= 0.6 is 0 Å². The molecule has 3 aromatic rings. The van der Waals surface area contributed by atoms with E-state index in [1.54, 1.807) is 13.8 Å². The molecular weight excluding hydrogens is 372 g/mol. The molecule has 0 saturated heterocycles. The monoisotopic (exact) mass is 396 g/mol. The average molecular weight is 396 g/mol. The van der Waals surface area contributed by atoms with Crippen LogP contribution in [0.4, 0.5) is 0 Å². The van der Waals surface area contributed by atoms with Gasteiger partial charge in [0.2, 0.25) is 5.71 Å². The second-order valence-electron chi connectivity index (χ2n) is 7.15. The van der Waals surface area contributed by atoms with E-state index >= 15 is 0 Å². The van der Waals surface area contributed by atoms with Gasteiger partial charge in [0.05, 0.1) is 13.2 Å². The molecule has 7 nitrogen and oxygen atoms in total. The molecule has 0 aliphatic rings. The summed E-state index contributed by atoms with van der Waals surface area (Å²) in [6.07, 6.45) is 1.27. The van der Waals surface area contributed by atoms with Crippen LogP contribution in [-0.2, 0) is 11.3 Å². The standard InChI is InChI=1S/C22H24N2O5/c1-7-28-22(27)18-15(6)29-20-19(18)21(26)24(10-23-20)9-17(25)16-8-11(2)12(3)13(4)14(16)5/h8,10H,7,9H2,1-6H3. The Balaban J connectivity index is 2.07. The summed E-state index contributed by atoms with van der Waals surface area (Å²) >= 11 is 0. The van der Waals surface area contributed by atoms with Crippen LogP contribution in [0, 0.1) is 34.6 Å². The number of fused-ring (bicyclic) bond motifs is 1. The molecule has 0 bridgehead atoms. The number of aromatic nitrogens is 2. The van der Waals surface area contributed by atoms with Crippen LogP contribution in [-0.4, -0.2) is 27.9 Å². The number of esters is 1. The van der Waals surface area contributed by atoms with E-state index in [1.165, 1.54) is 10.9 Å². The minimum absolute atomic E-state index is 0.0317. The molecule has 0 fully saturated rings. The van der Waals surface area contributed by atoms with Gasteiger partial charge in [0.15, 0.2) is 5.78 Å². The third-order valence-electron chi connectivity index (χ3n) is 5.43. The lowest BCUT2D eigenvalue weighted by atomic mass is 9.92. The first kappa shape index (κ1) is 20.5. The second-order valence-corrected chi connectivity index (χ2v) is 7.15. The number of rotatable bonds is 5. The van der Waals surface area contributed by atoms with Crippen molar-refractivity contribution in [3.05, 3.63) is 61.9 Å². The van der Waals surface area contributed by atoms with E-state index in [4.69, 9.17) is 9.15 Å². The quantitative estimate of drug-likeness (QED) is 0.483. The maximum Gasteiger partial charge on any atom is 0.342 e. The molecule has 0 spiro atoms. The maximum absolute atomic E-state index is 13.0. The van der Waals surface area contributed by atoms with Crippen molar-refractivity contribution in [1.29, 1.82) is 0 Å². The van der Waals surface area contributed by atoms with Crippen molar-refractivity contribution < 1.29 is 18.7 Å². The van der Waals surface area contributed by atoms with Crippen LogP contribution in [0.15, 0.2) is 21.6 Å². The zero-order chi connectivity index (χ0) is 21.5. The molecule has 0 saturated carbocycles. The fraction of sp³-hybridized carbons (Fsp3) is 0.364. The third kappa shape index (κ3) is 3.48. The van der Waals surface area contributed by atoms with E-state index in [2.05, 4.69) is 4.98 Å². The van der Waals surface area contributed by atoms with Crippen molar-refractivity contribution in [3.63, 3.8) is 0 Å². The summed E-state index contributed by atoms with van der Waals surface area (Å²) in [5.41, 5.74) is 4.29. The number of hydrogen-bond donors (Lipinski definition) is 0. The molecule has 0 aliphatic heterocycles. The minimum Gasteiger partial charge on any atom is -0.462 e. The highest BCUT2D eigenvalue weighted by Gasteiger charge is 2.24. The molecule has 0 aliphatic carbocycles. The number of carbonyl (C=O) groups excluding carboxylic acids is 2. The second kappa shape index (κ2) is 7.66.